The van der Waals surface area contributed by atoms with Crippen LogP contribution in [0.2, 0.25) is 0 Å². The largest absolute Gasteiger partial charge is 0.324 e. The summed E-state index contributed by atoms with van der Waals surface area (Å²) in [6.45, 7) is 0.859. The SMILES string of the molecule is CN(C)Cc1cccc(NC(=O)C2(N)CCC2)c1. The molecule has 0 saturated heterocycles. The fraction of sp³-hybridized carbons (Fsp3) is 0.500. The number of nitrogens with one attached hydrogen (secondary N) is 1. The fourth-order valence-electron chi connectivity index (χ4n) is 2.15. The minimum Gasteiger partial charge on any atom is -0.324 e. The maximum Gasteiger partial charge on any atom is 0.244 e. The highest BCUT2D eigenvalue weighted by molar-refractivity contribution is 5.98. The smallest absolute Gasteiger partial charge is 0.244 e. The van der Waals surface area contributed by atoms with Crippen LogP contribution in [0, 0.1) is 0 Å². The number of anilines is 1. The zero-order chi connectivity index (χ0) is 13.2. The van der Waals surface area contributed by atoms with Gasteiger partial charge < -0.3 is 16.0 Å². The van der Waals surface area contributed by atoms with Crippen molar-refractivity contribution in [1.29, 1.82) is 0 Å². The Bertz CT molecular complexity index is 438. The minimum atomic E-state index is -0.641. The molecule has 0 aromatic heterocycles. The maximum absolute atomic E-state index is 12.0. The molecule has 1 saturated carbocycles. The van der Waals surface area contributed by atoms with Gasteiger partial charge in [0, 0.05) is 12.2 Å². The number of hydrogen-bond donors (Lipinski definition) is 2. The molecule has 0 radical (unpaired) electrons. The molecule has 1 amide bonds. The van der Waals surface area contributed by atoms with E-state index < -0.39 is 5.54 Å². The van der Waals surface area contributed by atoms with Crippen LogP contribution in [0.3, 0.4) is 0 Å². The summed E-state index contributed by atoms with van der Waals surface area (Å²) in [5.41, 5.74) is 7.36. The van der Waals surface area contributed by atoms with Gasteiger partial charge in [0.2, 0.25) is 5.91 Å². The Hall–Kier alpha value is -1.39. The Balaban J connectivity index is 2.02. The molecule has 0 atom stereocenters. The molecule has 2 rings (SSSR count). The molecule has 0 heterocycles. The molecule has 4 heteroatoms. The summed E-state index contributed by atoms with van der Waals surface area (Å²) in [7, 11) is 4.04. The van der Waals surface area contributed by atoms with Crippen molar-refractivity contribution in [2.24, 2.45) is 5.73 Å². The number of nitrogens with two attached hydrogens (primary N) is 1. The number of amides is 1. The van der Waals surface area contributed by atoms with E-state index in [9.17, 15) is 4.79 Å². The molecule has 4 nitrogen and oxygen atoms in total. The average Bonchev–Trinajstić information content (AvgIpc) is 2.25. The maximum atomic E-state index is 12.0. The van der Waals surface area contributed by atoms with Crippen molar-refractivity contribution in [2.75, 3.05) is 19.4 Å². The summed E-state index contributed by atoms with van der Waals surface area (Å²) in [6, 6.07) is 7.91. The van der Waals surface area contributed by atoms with Gasteiger partial charge in [-0.3, -0.25) is 4.79 Å². The third-order valence-corrected chi connectivity index (χ3v) is 3.38. The van der Waals surface area contributed by atoms with Crippen LogP contribution in [0.1, 0.15) is 24.8 Å². The molecule has 1 aromatic carbocycles. The van der Waals surface area contributed by atoms with Crippen LogP contribution in [0.4, 0.5) is 5.69 Å². The van der Waals surface area contributed by atoms with Crippen LogP contribution >= 0.6 is 0 Å². The number of carbonyl (C=O) groups excluding carboxylic acids is 1. The summed E-state index contributed by atoms with van der Waals surface area (Å²) in [6.07, 6.45) is 2.62. The summed E-state index contributed by atoms with van der Waals surface area (Å²) < 4.78 is 0. The van der Waals surface area contributed by atoms with E-state index in [-0.39, 0.29) is 5.91 Å². The normalized spacial score (nSPS) is 17.3. The molecule has 3 N–H and O–H groups in total. The monoisotopic (exact) mass is 247 g/mol. The second-order valence-corrected chi connectivity index (χ2v) is 5.40. The number of carbonyl (C=O) groups is 1. The zero-order valence-electron chi connectivity index (χ0n) is 11.1. The first-order valence-corrected chi connectivity index (χ1v) is 6.34. The van der Waals surface area contributed by atoms with E-state index in [0.29, 0.717) is 0 Å². The number of benzene rings is 1. The van der Waals surface area contributed by atoms with Crippen molar-refractivity contribution < 1.29 is 4.79 Å². The molecular formula is C14H21N3O. The van der Waals surface area contributed by atoms with Gasteiger partial charge in [-0.25, -0.2) is 0 Å². The topological polar surface area (TPSA) is 58.4 Å². The number of nitrogens with zero attached hydrogens (tertiary/aromatic N) is 1. The van der Waals surface area contributed by atoms with E-state index in [1.807, 2.05) is 32.3 Å². The van der Waals surface area contributed by atoms with E-state index in [1.165, 1.54) is 5.56 Å². The van der Waals surface area contributed by atoms with Crippen LogP contribution in [0.5, 0.6) is 0 Å². The average molecular weight is 247 g/mol. The highest BCUT2D eigenvalue weighted by atomic mass is 16.2. The Morgan fingerprint density at radius 2 is 2.17 bits per heavy atom. The van der Waals surface area contributed by atoms with Crippen molar-refractivity contribution in [3.05, 3.63) is 29.8 Å². The Morgan fingerprint density at radius 3 is 2.72 bits per heavy atom. The summed E-state index contributed by atoms with van der Waals surface area (Å²) in [5.74, 6) is -0.0595. The molecule has 0 bridgehead atoms. The van der Waals surface area contributed by atoms with Crippen molar-refractivity contribution in [3.8, 4) is 0 Å². The van der Waals surface area contributed by atoms with E-state index in [1.54, 1.807) is 0 Å². The van der Waals surface area contributed by atoms with Gasteiger partial charge in [-0.2, -0.15) is 0 Å². The standard InChI is InChI=1S/C14H21N3O/c1-17(2)10-11-5-3-6-12(9-11)16-13(18)14(15)7-4-8-14/h3,5-6,9H,4,7-8,10,15H2,1-2H3,(H,16,18). The Labute approximate surface area is 108 Å². The van der Waals surface area contributed by atoms with Gasteiger partial charge in [0.05, 0.1) is 5.54 Å². The highest BCUT2D eigenvalue weighted by Gasteiger charge is 2.40. The molecule has 1 aliphatic carbocycles. The molecule has 1 fully saturated rings. The lowest BCUT2D eigenvalue weighted by Gasteiger charge is -2.36. The fourth-order valence-corrected chi connectivity index (χ4v) is 2.15. The second kappa shape index (κ2) is 5.08. The van der Waals surface area contributed by atoms with Crippen molar-refractivity contribution in [2.45, 2.75) is 31.3 Å². The van der Waals surface area contributed by atoms with Crippen LogP contribution in [0.15, 0.2) is 24.3 Å². The molecular weight excluding hydrogens is 226 g/mol. The van der Waals surface area contributed by atoms with Gasteiger partial charge in [0.15, 0.2) is 0 Å². The van der Waals surface area contributed by atoms with E-state index in [4.69, 9.17) is 5.73 Å². The molecule has 0 spiro atoms. The lowest BCUT2D eigenvalue weighted by molar-refractivity contribution is -0.123. The quantitative estimate of drug-likeness (QED) is 0.849. The second-order valence-electron chi connectivity index (χ2n) is 5.40. The summed E-state index contributed by atoms with van der Waals surface area (Å²) >= 11 is 0. The van der Waals surface area contributed by atoms with Crippen molar-refractivity contribution >= 4 is 11.6 Å². The van der Waals surface area contributed by atoms with E-state index in [0.717, 1.165) is 31.5 Å². The predicted molar refractivity (Wildman–Crippen MR) is 73.2 cm³/mol. The van der Waals surface area contributed by atoms with Crippen molar-refractivity contribution in [1.82, 2.24) is 4.90 Å². The van der Waals surface area contributed by atoms with Crippen LogP contribution in [-0.4, -0.2) is 30.4 Å². The lowest BCUT2D eigenvalue weighted by Crippen LogP contribution is -2.56. The van der Waals surface area contributed by atoms with Gasteiger partial charge in [-0.15, -0.1) is 0 Å². The summed E-state index contributed by atoms with van der Waals surface area (Å²) in [5, 5.41) is 2.92. The molecule has 1 aromatic rings. The van der Waals surface area contributed by atoms with Gasteiger partial charge in [-0.05, 0) is 51.1 Å². The highest BCUT2D eigenvalue weighted by Crippen LogP contribution is 2.30. The first-order chi connectivity index (χ1) is 8.49. The molecule has 1 aliphatic rings. The minimum absolute atomic E-state index is 0.0595. The molecule has 0 aliphatic heterocycles. The predicted octanol–water partition coefficient (Wildman–Crippen LogP) is 1.57. The lowest BCUT2D eigenvalue weighted by atomic mass is 9.77. The van der Waals surface area contributed by atoms with Gasteiger partial charge in [0.1, 0.15) is 0 Å². The third-order valence-electron chi connectivity index (χ3n) is 3.38. The number of rotatable bonds is 4. The van der Waals surface area contributed by atoms with Crippen LogP contribution in [0.25, 0.3) is 0 Å². The van der Waals surface area contributed by atoms with Crippen LogP contribution in [-0.2, 0) is 11.3 Å². The third kappa shape index (κ3) is 2.89. The summed E-state index contributed by atoms with van der Waals surface area (Å²) in [4.78, 5) is 14.1. The first kappa shape index (κ1) is 13.1. The van der Waals surface area contributed by atoms with Gasteiger partial charge >= 0.3 is 0 Å². The molecule has 18 heavy (non-hydrogen) atoms. The van der Waals surface area contributed by atoms with E-state index >= 15 is 0 Å². The van der Waals surface area contributed by atoms with Crippen molar-refractivity contribution in [3.63, 3.8) is 0 Å². The Morgan fingerprint density at radius 1 is 1.44 bits per heavy atom. The molecule has 0 unspecified atom stereocenters. The van der Waals surface area contributed by atoms with Gasteiger partial charge in [0.25, 0.3) is 0 Å². The van der Waals surface area contributed by atoms with E-state index in [2.05, 4.69) is 16.3 Å². The van der Waals surface area contributed by atoms with Gasteiger partial charge in [-0.1, -0.05) is 12.1 Å². The first-order valence-electron chi connectivity index (χ1n) is 6.34. The Kier molecular flexibility index (Phi) is 3.68. The molecule has 98 valence electrons. The van der Waals surface area contributed by atoms with Crippen LogP contribution < -0.4 is 11.1 Å². The number of hydrogen-bond acceptors (Lipinski definition) is 3. The zero-order valence-corrected chi connectivity index (χ0v) is 11.1.